The van der Waals surface area contributed by atoms with Crippen molar-refractivity contribution >= 4 is 11.6 Å². The Morgan fingerprint density at radius 3 is 2.95 bits per heavy atom. The first-order valence-corrected chi connectivity index (χ1v) is 7.53. The summed E-state index contributed by atoms with van der Waals surface area (Å²) < 4.78 is 19.6. The van der Waals surface area contributed by atoms with Crippen molar-refractivity contribution in [3.63, 3.8) is 0 Å². The number of rotatable bonds is 4. The molecule has 0 bridgehead atoms. The molecule has 1 saturated carbocycles. The zero-order valence-corrected chi connectivity index (χ0v) is 12.4. The molecule has 3 rings (SSSR count). The molecular formula is C15H20ClFN2O. The second-order valence-electron chi connectivity index (χ2n) is 5.69. The van der Waals surface area contributed by atoms with Gasteiger partial charge < -0.3 is 10.1 Å². The van der Waals surface area contributed by atoms with Gasteiger partial charge in [-0.05, 0) is 37.6 Å². The summed E-state index contributed by atoms with van der Waals surface area (Å²) >= 11 is 5.77. The van der Waals surface area contributed by atoms with Gasteiger partial charge in [-0.15, -0.1) is 0 Å². The van der Waals surface area contributed by atoms with E-state index in [1.54, 1.807) is 6.07 Å². The van der Waals surface area contributed by atoms with Crippen molar-refractivity contribution in [2.45, 2.75) is 31.0 Å². The maximum Gasteiger partial charge on any atom is 0.142 e. The van der Waals surface area contributed by atoms with Crippen molar-refractivity contribution in [1.82, 2.24) is 10.2 Å². The van der Waals surface area contributed by atoms with Crippen molar-refractivity contribution in [1.29, 1.82) is 0 Å². The van der Waals surface area contributed by atoms with Crippen molar-refractivity contribution in [2.24, 2.45) is 0 Å². The van der Waals surface area contributed by atoms with E-state index in [0.29, 0.717) is 6.04 Å². The number of nitrogens with one attached hydrogen (secondary N) is 1. The third kappa shape index (κ3) is 3.14. The van der Waals surface area contributed by atoms with E-state index in [1.807, 2.05) is 6.07 Å². The topological polar surface area (TPSA) is 24.5 Å². The van der Waals surface area contributed by atoms with Crippen LogP contribution >= 0.6 is 11.6 Å². The zero-order valence-electron chi connectivity index (χ0n) is 11.6. The maximum atomic E-state index is 13.7. The Morgan fingerprint density at radius 1 is 1.45 bits per heavy atom. The minimum absolute atomic E-state index is 0.0509. The van der Waals surface area contributed by atoms with Crippen LogP contribution in [0, 0.1) is 5.82 Å². The molecule has 1 heterocycles. The first-order valence-electron chi connectivity index (χ1n) is 7.15. The highest BCUT2D eigenvalue weighted by molar-refractivity contribution is 6.30. The SMILES string of the molecule is CN1CCOC(CNC2CC2)C1c1ccc(Cl)c(F)c1. The van der Waals surface area contributed by atoms with E-state index < -0.39 is 0 Å². The normalized spacial score (nSPS) is 27.8. The smallest absolute Gasteiger partial charge is 0.142 e. The van der Waals surface area contributed by atoms with Crippen molar-refractivity contribution < 1.29 is 9.13 Å². The Labute approximate surface area is 124 Å². The second-order valence-corrected chi connectivity index (χ2v) is 6.10. The number of benzene rings is 1. The molecule has 2 atom stereocenters. The Morgan fingerprint density at radius 2 is 2.25 bits per heavy atom. The predicted octanol–water partition coefficient (Wildman–Crippen LogP) is 2.60. The molecule has 0 radical (unpaired) electrons. The van der Waals surface area contributed by atoms with Crippen molar-refractivity contribution in [2.75, 3.05) is 26.7 Å². The Bertz CT molecular complexity index is 481. The van der Waals surface area contributed by atoms with Gasteiger partial charge in [-0.2, -0.15) is 0 Å². The fourth-order valence-electron chi connectivity index (χ4n) is 2.77. The van der Waals surface area contributed by atoms with Gasteiger partial charge in [0.15, 0.2) is 0 Å². The molecule has 0 spiro atoms. The standard InChI is InChI=1S/C15H20ClFN2O/c1-19-6-7-20-14(9-18-11-3-4-11)15(19)10-2-5-12(16)13(17)8-10/h2,5,8,11,14-15,18H,3-4,6-7,9H2,1H3. The third-order valence-corrected chi connectivity index (χ3v) is 4.38. The van der Waals surface area contributed by atoms with Crippen LogP contribution in [0.3, 0.4) is 0 Å². The number of likely N-dealkylation sites (N-methyl/N-ethyl adjacent to an activating group) is 1. The van der Waals surface area contributed by atoms with E-state index in [0.717, 1.165) is 25.3 Å². The van der Waals surface area contributed by atoms with Gasteiger partial charge >= 0.3 is 0 Å². The number of morpholine rings is 1. The summed E-state index contributed by atoms with van der Waals surface area (Å²) in [5.74, 6) is -0.364. The maximum absolute atomic E-state index is 13.7. The van der Waals surface area contributed by atoms with Crippen LogP contribution in [0.4, 0.5) is 4.39 Å². The molecule has 110 valence electrons. The molecule has 2 fully saturated rings. The van der Waals surface area contributed by atoms with Gasteiger partial charge in [-0.1, -0.05) is 17.7 Å². The molecule has 20 heavy (non-hydrogen) atoms. The molecule has 3 nitrogen and oxygen atoms in total. The van der Waals surface area contributed by atoms with E-state index in [2.05, 4.69) is 17.3 Å². The minimum Gasteiger partial charge on any atom is -0.374 e. The Kier molecular flexibility index (Phi) is 4.26. The summed E-state index contributed by atoms with van der Waals surface area (Å²) in [6.07, 6.45) is 2.56. The lowest BCUT2D eigenvalue weighted by molar-refractivity contribution is -0.0615. The largest absolute Gasteiger partial charge is 0.374 e. The molecular weight excluding hydrogens is 279 g/mol. The number of ether oxygens (including phenoxy) is 1. The molecule has 2 unspecified atom stereocenters. The number of nitrogens with zero attached hydrogens (tertiary/aromatic N) is 1. The van der Waals surface area contributed by atoms with Crippen LogP contribution < -0.4 is 5.32 Å². The highest BCUT2D eigenvalue weighted by Gasteiger charge is 2.33. The fraction of sp³-hybridized carbons (Fsp3) is 0.600. The average molecular weight is 299 g/mol. The van der Waals surface area contributed by atoms with Gasteiger partial charge in [-0.3, -0.25) is 4.90 Å². The van der Waals surface area contributed by atoms with E-state index in [9.17, 15) is 4.39 Å². The zero-order chi connectivity index (χ0) is 14.1. The first kappa shape index (κ1) is 14.3. The summed E-state index contributed by atoms with van der Waals surface area (Å²) in [5.41, 5.74) is 0.927. The van der Waals surface area contributed by atoms with E-state index in [4.69, 9.17) is 16.3 Å². The summed E-state index contributed by atoms with van der Waals surface area (Å²) in [7, 11) is 2.06. The van der Waals surface area contributed by atoms with Crippen LogP contribution in [-0.2, 0) is 4.74 Å². The molecule has 1 saturated heterocycles. The highest BCUT2D eigenvalue weighted by atomic mass is 35.5. The summed E-state index contributed by atoms with van der Waals surface area (Å²) in [6, 6.07) is 5.77. The molecule has 1 aliphatic heterocycles. The number of halogens is 2. The molecule has 1 aromatic rings. The van der Waals surface area contributed by atoms with E-state index in [-0.39, 0.29) is 23.0 Å². The van der Waals surface area contributed by atoms with Crippen molar-refractivity contribution in [3.05, 3.63) is 34.6 Å². The van der Waals surface area contributed by atoms with Gasteiger partial charge in [0, 0.05) is 19.1 Å². The Hall–Kier alpha value is -0.680. The molecule has 0 aromatic heterocycles. The average Bonchev–Trinajstić information content (AvgIpc) is 3.24. The van der Waals surface area contributed by atoms with Gasteiger partial charge in [-0.25, -0.2) is 4.39 Å². The molecule has 0 amide bonds. The molecule has 1 aliphatic carbocycles. The molecule has 1 N–H and O–H groups in total. The van der Waals surface area contributed by atoms with E-state index in [1.165, 1.54) is 18.9 Å². The van der Waals surface area contributed by atoms with Gasteiger partial charge in [0.2, 0.25) is 0 Å². The lowest BCUT2D eigenvalue weighted by Crippen LogP contribution is -2.47. The van der Waals surface area contributed by atoms with Crippen LogP contribution in [0.1, 0.15) is 24.4 Å². The van der Waals surface area contributed by atoms with Gasteiger partial charge in [0.05, 0.1) is 23.8 Å². The fourth-order valence-corrected chi connectivity index (χ4v) is 2.89. The lowest BCUT2D eigenvalue weighted by Gasteiger charge is -2.39. The molecule has 2 aliphatic rings. The van der Waals surface area contributed by atoms with Crippen molar-refractivity contribution in [3.8, 4) is 0 Å². The quantitative estimate of drug-likeness (QED) is 0.925. The first-order chi connectivity index (χ1) is 9.65. The van der Waals surface area contributed by atoms with Crippen LogP contribution in [-0.4, -0.2) is 43.8 Å². The van der Waals surface area contributed by atoms with Crippen LogP contribution in [0.25, 0.3) is 0 Å². The second kappa shape index (κ2) is 5.98. The number of hydrogen-bond acceptors (Lipinski definition) is 3. The molecule has 1 aromatic carbocycles. The van der Waals surface area contributed by atoms with Crippen LogP contribution in [0.15, 0.2) is 18.2 Å². The van der Waals surface area contributed by atoms with Crippen LogP contribution in [0.2, 0.25) is 5.02 Å². The van der Waals surface area contributed by atoms with Gasteiger partial charge in [0.25, 0.3) is 0 Å². The highest BCUT2D eigenvalue weighted by Crippen LogP contribution is 2.30. The summed E-state index contributed by atoms with van der Waals surface area (Å²) in [4.78, 5) is 2.23. The van der Waals surface area contributed by atoms with E-state index >= 15 is 0 Å². The predicted molar refractivity (Wildman–Crippen MR) is 77.5 cm³/mol. The minimum atomic E-state index is -0.364. The number of hydrogen-bond donors (Lipinski definition) is 1. The molecule has 5 heteroatoms. The summed E-state index contributed by atoms with van der Waals surface area (Å²) in [6.45, 7) is 2.39. The Balaban J connectivity index is 1.78. The third-order valence-electron chi connectivity index (χ3n) is 4.07. The van der Waals surface area contributed by atoms with Crippen LogP contribution in [0.5, 0.6) is 0 Å². The summed E-state index contributed by atoms with van der Waals surface area (Å²) in [5, 5.41) is 3.67. The van der Waals surface area contributed by atoms with Gasteiger partial charge in [0.1, 0.15) is 5.82 Å². The monoisotopic (exact) mass is 298 g/mol. The lowest BCUT2D eigenvalue weighted by atomic mass is 9.98.